The van der Waals surface area contributed by atoms with E-state index in [2.05, 4.69) is 15.4 Å². The molecule has 2 atom stereocenters. The van der Waals surface area contributed by atoms with Crippen molar-refractivity contribution < 1.29 is 18.3 Å². The minimum atomic E-state index is -2.87. The molecule has 0 radical (unpaired) electrons. The van der Waals surface area contributed by atoms with Crippen molar-refractivity contribution in [3.63, 3.8) is 0 Å². The van der Waals surface area contributed by atoms with Gasteiger partial charge in [-0.15, -0.1) is 0 Å². The molecule has 1 heterocycles. The van der Waals surface area contributed by atoms with E-state index in [0.29, 0.717) is 12.1 Å². The fourth-order valence-electron chi connectivity index (χ4n) is 2.34. The van der Waals surface area contributed by atoms with Gasteiger partial charge in [0.2, 0.25) is 5.91 Å². The predicted molar refractivity (Wildman–Crippen MR) is 70.4 cm³/mol. The van der Waals surface area contributed by atoms with Crippen molar-refractivity contribution in [3.8, 4) is 5.75 Å². The molecule has 1 aliphatic heterocycles. The second kappa shape index (κ2) is 6.65. The molecule has 0 bridgehead atoms. The molecule has 2 N–H and O–H groups in total. The van der Waals surface area contributed by atoms with Crippen LogP contribution in [0, 0.1) is 11.8 Å². The van der Waals surface area contributed by atoms with Crippen LogP contribution < -0.4 is 15.4 Å². The van der Waals surface area contributed by atoms with Crippen LogP contribution in [0.3, 0.4) is 0 Å². The summed E-state index contributed by atoms with van der Waals surface area (Å²) >= 11 is 0. The maximum Gasteiger partial charge on any atom is 0.387 e. The van der Waals surface area contributed by atoms with Crippen LogP contribution in [0.25, 0.3) is 0 Å². The zero-order valence-corrected chi connectivity index (χ0v) is 11.2. The lowest BCUT2D eigenvalue weighted by Gasteiger charge is -2.15. The number of halogens is 2. The highest BCUT2D eigenvalue weighted by molar-refractivity contribution is 5.79. The predicted octanol–water partition coefficient (Wildman–Crippen LogP) is 1.76. The fourth-order valence-corrected chi connectivity index (χ4v) is 2.34. The molecule has 2 rings (SSSR count). The summed E-state index contributed by atoms with van der Waals surface area (Å²) in [6.45, 7) is 0.805. The lowest BCUT2D eigenvalue weighted by atomic mass is 9.97. The zero-order valence-electron chi connectivity index (χ0n) is 11.2. The highest BCUT2D eigenvalue weighted by atomic mass is 19.3. The number of carbonyl (C=O) groups excluding carboxylic acids is 1. The third-order valence-corrected chi connectivity index (χ3v) is 3.50. The molecule has 20 heavy (non-hydrogen) atoms. The summed E-state index contributed by atoms with van der Waals surface area (Å²) in [5.41, 5.74) is 0.541. The largest absolute Gasteiger partial charge is 0.434 e. The highest BCUT2D eigenvalue weighted by Crippen LogP contribution is 2.21. The van der Waals surface area contributed by atoms with Gasteiger partial charge in [0, 0.05) is 18.7 Å². The van der Waals surface area contributed by atoms with Crippen molar-refractivity contribution in [2.75, 3.05) is 13.1 Å². The van der Waals surface area contributed by atoms with Gasteiger partial charge in [-0.2, -0.15) is 8.78 Å². The lowest BCUT2D eigenvalue weighted by Crippen LogP contribution is -2.34. The molecule has 4 nitrogen and oxygen atoms in total. The molecule has 2 unspecified atom stereocenters. The van der Waals surface area contributed by atoms with Gasteiger partial charge in [0.1, 0.15) is 5.75 Å². The Morgan fingerprint density at radius 3 is 2.85 bits per heavy atom. The molecule has 1 aromatic rings. The van der Waals surface area contributed by atoms with E-state index >= 15 is 0 Å². The van der Waals surface area contributed by atoms with Crippen molar-refractivity contribution in [1.82, 2.24) is 10.6 Å². The van der Waals surface area contributed by atoms with Crippen LogP contribution in [0.15, 0.2) is 24.3 Å². The van der Waals surface area contributed by atoms with Gasteiger partial charge in [-0.25, -0.2) is 0 Å². The average molecular weight is 284 g/mol. The number of rotatable bonds is 5. The zero-order chi connectivity index (χ0) is 14.5. The molecule has 1 saturated heterocycles. The first kappa shape index (κ1) is 14.7. The Morgan fingerprint density at radius 1 is 1.45 bits per heavy atom. The molecule has 6 heteroatoms. The van der Waals surface area contributed by atoms with Gasteiger partial charge in [-0.05, 0) is 18.5 Å². The Labute approximate surface area is 116 Å². The van der Waals surface area contributed by atoms with Gasteiger partial charge in [-0.3, -0.25) is 4.79 Å². The fraction of sp³-hybridized carbons (Fsp3) is 0.500. The van der Waals surface area contributed by atoms with Crippen molar-refractivity contribution in [2.24, 2.45) is 11.8 Å². The molecule has 0 saturated carbocycles. The van der Waals surface area contributed by atoms with E-state index in [0.717, 1.165) is 6.54 Å². The Kier molecular flexibility index (Phi) is 4.89. The number of ether oxygens (including phenoxy) is 1. The quantitative estimate of drug-likeness (QED) is 0.866. The van der Waals surface area contributed by atoms with E-state index in [1.165, 1.54) is 6.07 Å². The van der Waals surface area contributed by atoms with Crippen molar-refractivity contribution in [2.45, 2.75) is 20.1 Å². The second-order valence-corrected chi connectivity index (χ2v) is 4.95. The van der Waals surface area contributed by atoms with Gasteiger partial charge < -0.3 is 15.4 Å². The molecule has 110 valence electrons. The third kappa shape index (κ3) is 3.66. The number of benzene rings is 1. The van der Waals surface area contributed by atoms with Gasteiger partial charge in [0.25, 0.3) is 0 Å². The maximum absolute atomic E-state index is 12.3. The number of para-hydroxylation sites is 1. The van der Waals surface area contributed by atoms with Crippen LogP contribution in [0.4, 0.5) is 8.78 Å². The molecule has 1 aliphatic rings. The molecular weight excluding hydrogens is 266 g/mol. The van der Waals surface area contributed by atoms with Crippen LogP contribution in [-0.4, -0.2) is 25.6 Å². The Bertz CT molecular complexity index is 468. The molecule has 0 aliphatic carbocycles. The van der Waals surface area contributed by atoms with Gasteiger partial charge >= 0.3 is 6.61 Å². The number of hydrogen-bond acceptors (Lipinski definition) is 3. The Balaban J connectivity index is 1.95. The van der Waals surface area contributed by atoms with E-state index in [1.807, 2.05) is 6.92 Å². The summed E-state index contributed by atoms with van der Waals surface area (Å²) < 4.78 is 29.0. The Hall–Kier alpha value is -1.69. The van der Waals surface area contributed by atoms with Crippen molar-refractivity contribution in [3.05, 3.63) is 29.8 Å². The van der Waals surface area contributed by atoms with Crippen LogP contribution in [0.1, 0.15) is 12.5 Å². The van der Waals surface area contributed by atoms with Gasteiger partial charge in [0.15, 0.2) is 0 Å². The normalized spacial score (nSPS) is 22.0. The van der Waals surface area contributed by atoms with Crippen LogP contribution >= 0.6 is 0 Å². The summed E-state index contributed by atoms with van der Waals surface area (Å²) in [6, 6.07) is 6.47. The van der Waals surface area contributed by atoms with E-state index < -0.39 is 6.61 Å². The number of nitrogens with one attached hydrogen (secondary N) is 2. The number of carbonyl (C=O) groups is 1. The van der Waals surface area contributed by atoms with Crippen LogP contribution in [0.2, 0.25) is 0 Å². The number of amides is 1. The number of alkyl halides is 2. The van der Waals surface area contributed by atoms with Crippen LogP contribution in [-0.2, 0) is 11.3 Å². The van der Waals surface area contributed by atoms with E-state index in [-0.39, 0.29) is 30.0 Å². The van der Waals surface area contributed by atoms with Crippen LogP contribution in [0.5, 0.6) is 5.75 Å². The number of hydrogen-bond donors (Lipinski definition) is 2. The molecular formula is C14H18F2N2O2. The Morgan fingerprint density at radius 2 is 2.20 bits per heavy atom. The lowest BCUT2D eigenvalue weighted by molar-refractivity contribution is -0.125. The third-order valence-electron chi connectivity index (χ3n) is 3.50. The summed E-state index contributed by atoms with van der Waals surface area (Å²) in [7, 11) is 0. The smallest absolute Gasteiger partial charge is 0.387 e. The summed E-state index contributed by atoms with van der Waals surface area (Å²) in [4.78, 5) is 12.0. The highest BCUT2D eigenvalue weighted by Gasteiger charge is 2.29. The van der Waals surface area contributed by atoms with Gasteiger partial charge in [0.05, 0.1) is 5.92 Å². The topological polar surface area (TPSA) is 50.4 Å². The first-order chi connectivity index (χ1) is 9.58. The second-order valence-electron chi connectivity index (χ2n) is 4.95. The molecule has 1 aromatic carbocycles. The molecule has 1 fully saturated rings. The minimum absolute atomic E-state index is 0.0608. The summed E-state index contributed by atoms with van der Waals surface area (Å²) in [5.74, 6) is 0.246. The minimum Gasteiger partial charge on any atom is -0.434 e. The molecule has 0 spiro atoms. The van der Waals surface area contributed by atoms with Gasteiger partial charge in [-0.1, -0.05) is 25.1 Å². The first-order valence-corrected chi connectivity index (χ1v) is 6.59. The summed E-state index contributed by atoms with van der Waals surface area (Å²) in [6.07, 6.45) is 0. The van der Waals surface area contributed by atoms with Crippen molar-refractivity contribution in [1.29, 1.82) is 0 Å². The molecule has 0 aromatic heterocycles. The van der Waals surface area contributed by atoms with E-state index in [9.17, 15) is 13.6 Å². The van der Waals surface area contributed by atoms with E-state index in [4.69, 9.17) is 0 Å². The monoisotopic (exact) mass is 284 g/mol. The summed E-state index contributed by atoms with van der Waals surface area (Å²) in [5, 5.41) is 5.94. The standard InChI is InChI=1S/C14H18F2N2O2/c1-9-6-17-8-11(9)13(19)18-7-10-4-2-3-5-12(10)20-14(15)16/h2-5,9,11,14,17H,6-8H2,1H3,(H,18,19). The van der Waals surface area contributed by atoms with Crippen molar-refractivity contribution >= 4 is 5.91 Å². The van der Waals surface area contributed by atoms with E-state index in [1.54, 1.807) is 18.2 Å². The average Bonchev–Trinajstić information content (AvgIpc) is 2.83. The SMILES string of the molecule is CC1CNCC1C(=O)NCc1ccccc1OC(F)F. The first-order valence-electron chi connectivity index (χ1n) is 6.59. The maximum atomic E-state index is 12.3. The molecule has 1 amide bonds.